The lowest BCUT2D eigenvalue weighted by Crippen LogP contribution is -2.54. The summed E-state index contributed by atoms with van der Waals surface area (Å²) < 4.78 is 5.53. The molecule has 1 aliphatic heterocycles. The van der Waals surface area contributed by atoms with Gasteiger partial charge in [0.05, 0.1) is 12.1 Å². The molecule has 2 amide bonds. The zero-order chi connectivity index (χ0) is 17.2. The molecule has 0 bridgehead atoms. The fraction of sp³-hybridized carbons (Fsp3) is 0.882. The van der Waals surface area contributed by atoms with Crippen molar-refractivity contribution in [1.29, 1.82) is 0 Å². The van der Waals surface area contributed by atoms with Crippen LogP contribution in [0.2, 0.25) is 0 Å². The molecule has 0 spiro atoms. The third kappa shape index (κ3) is 5.09. The van der Waals surface area contributed by atoms with Gasteiger partial charge in [0.2, 0.25) is 5.91 Å². The normalized spacial score (nSPS) is 23.3. The van der Waals surface area contributed by atoms with Crippen LogP contribution in [0.5, 0.6) is 0 Å². The Labute approximate surface area is 139 Å². The lowest BCUT2D eigenvalue weighted by atomic mass is 10.0. The first-order chi connectivity index (χ1) is 10.7. The summed E-state index contributed by atoms with van der Waals surface area (Å²) in [7, 11) is 0. The van der Waals surface area contributed by atoms with Gasteiger partial charge in [-0.3, -0.25) is 4.79 Å². The molecule has 0 radical (unpaired) electrons. The highest BCUT2D eigenvalue weighted by molar-refractivity contribution is 5.82. The number of likely N-dealkylation sites (tertiary alicyclic amines) is 1. The number of carbonyl (C=O) groups is 2. The van der Waals surface area contributed by atoms with Crippen LogP contribution in [0, 0.1) is 0 Å². The minimum Gasteiger partial charge on any atom is -0.444 e. The Bertz CT molecular complexity index is 441. The van der Waals surface area contributed by atoms with Gasteiger partial charge in [-0.15, -0.1) is 0 Å². The number of nitrogens with zero attached hydrogens (tertiary/aromatic N) is 2. The molecular formula is C17H31N3O3. The highest BCUT2D eigenvalue weighted by Gasteiger charge is 2.38. The van der Waals surface area contributed by atoms with Gasteiger partial charge in [-0.05, 0) is 59.8 Å². The van der Waals surface area contributed by atoms with E-state index in [9.17, 15) is 9.59 Å². The average molecular weight is 325 g/mol. The van der Waals surface area contributed by atoms with Crippen molar-refractivity contribution in [2.75, 3.05) is 13.1 Å². The molecule has 2 atom stereocenters. The fourth-order valence-electron chi connectivity index (χ4n) is 3.05. The van der Waals surface area contributed by atoms with Crippen molar-refractivity contribution in [3.8, 4) is 0 Å². The van der Waals surface area contributed by atoms with E-state index in [0.29, 0.717) is 19.1 Å². The Balaban J connectivity index is 2.05. The van der Waals surface area contributed by atoms with Crippen molar-refractivity contribution >= 4 is 12.0 Å². The predicted molar refractivity (Wildman–Crippen MR) is 89.0 cm³/mol. The summed E-state index contributed by atoms with van der Waals surface area (Å²) >= 11 is 0. The Morgan fingerprint density at radius 3 is 2.43 bits per heavy atom. The third-order valence-corrected chi connectivity index (χ3v) is 4.32. The Morgan fingerprint density at radius 2 is 1.91 bits per heavy atom. The van der Waals surface area contributed by atoms with E-state index in [2.05, 4.69) is 0 Å². The van der Waals surface area contributed by atoms with E-state index < -0.39 is 11.6 Å². The van der Waals surface area contributed by atoms with Gasteiger partial charge in [0, 0.05) is 19.1 Å². The van der Waals surface area contributed by atoms with Crippen molar-refractivity contribution in [3.63, 3.8) is 0 Å². The van der Waals surface area contributed by atoms with E-state index in [1.165, 1.54) is 0 Å². The van der Waals surface area contributed by atoms with Gasteiger partial charge >= 0.3 is 6.09 Å². The van der Waals surface area contributed by atoms with Crippen LogP contribution in [-0.2, 0) is 9.53 Å². The number of carbonyl (C=O) groups excluding carboxylic acids is 2. The number of piperidine rings is 1. The maximum Gasteiger partial charge on any atom is 0.410 e. The van der Waals surface area contributed by atoms with Crippen LogP contribution in [0.3, 0.4) is 0 Å². The molecular weight excluding hydrogens is 294 g/mol. The topological polar surface area (TPSA) is 75.9 Å². The van der Waals surface area contributed by atoms with Crippen LogP contribution in [0.25, 0.3) is 0 Å². The van der Waals surface area contributed by atoms with Crippen molar-refractivity contribution in [1.82, 2.24) is 9.80 Å². The number of hydrogen-bond acceptors (Lipinski definition) is 4. The standard InChI is InChI=1S/C17H31N3O3/c1-12(18)15(21)20(13-8-9-13)11-14-7-5-6-10-19(14)16(22)23-17(2,3)4/h12-14H,5-11,18H2,1-4H3/t12-,14+/m0/s1. The Kier molecular flexibility index (Phi) is 5.55. The Morgan fingerprint density at radius 1 is 1.26 bits per heavy atom. The maximum absolute atomic E-state index is 12.5. The van der Waals surface area contributed by atoms with Gasteiger partial charge in [-0.25, -0.2) is 4.79 Å². The zero-order valence-corrected chi connectivity index (χ0v) is 14.9. The first kappa shape index (κ1) is 18.0. The maximum atomic E-state index is 12.5. The van der Waals surface area contributed by atoms with Gasteiger partial charge in [-0.1, -0.05) is 0 Å². The number of amides is 2. The van der Waals surface area contributed by atoms with Crippen LogP contribution in [-0.4, -0.2) is 58.6 Å². The lowest BCUT2D eigenvalue weighted by molar-refractivity contribution is -0.133. The second kappa shape index (κ2) is 7.07. The largest absolute Gasteiger partial charge is 0.444 e. The molecule has 0 unspecified atom stereocenters. The second-order valence-corrected chi connectivity index (χ2v) is 7.83. The van der Waals surface area contributed by atoms with E-state index in [1.807, 2.05) is 25.7 Å². The minimum absolute atomic E-state index is 0.0118. The number of hydrogen-bond donors (Lipinski definition) is 1. The first-order valence-electron chi connectivity index (χ1n) is 8.74. The molecule has 2 N–H and O–H groups in total. The Hall–Kier alpha value is -1.30. The van der Waals surface area contributed by atoms with E-state index in [1.54, 1.807) is 11.8 Å². The van der Waals surface area contributed by atoms with Gasteiger partial charge < -0.3 is 20.3 Å². The molecule has 2 rings (SSSR count). The van der Waals surface area contributed by atoms with Crippen molar-refractivity contribution in [2.24, 2.45) is 5.73 Å². The first-order valence-corrected chi connectivity index (χ1v) is 8.74. The van der Waals surface area contributed by atoms with E-state index in [0.717, 1.165) is 32.1 Å². The number of nitrogens with two attached hydrogens (primary N) is 1. The summed E-state index contributed by atoms with van der Waals surface area (Å²) in [5, 5.41) is 0. The zero-order valence-electron chi connectivity index (χ0n) is 14.9. The van der Waals surface area contributed by atoms with Crippen LogP contribution in [0.4, 0.5) is 4.79 Å². The van der Waals surface area contributed by atoms with Crippen LogP contribution < -0.4 is 5.73 Å². The molecule has 1 saturated heterocycles. The van der Waals surface area contributed by atoms with Gasteiger partial charge in [-0.2, -0.15) is 0 Å². The van der Waals surface area contributed by atoms with E-state index in [4.69, 9.17) is 10.5 Å². The van der Waals surface area contributed by atoms with Gasteiger partial charge in [0.15, 0.2) is 0 Å². The molecule has 0 aromatic carbocycles. The molecule has 6 heteroatoms. The molecule has 6 nitrogen and oxygen atoms in total. The van der Waals surface area contributed by atoms with Crippen molar-refractivity contribution in [3.05, 3.63) is 0 Å². The van der Waals surface area contributed by atoms with Gasteiger partial charge in [0.25, 0.3) is 0 Å². The highest BCUT2D eigenvalue weighted by atomic mass is 16.6. The molecule has 132 valence electrons. The van der Waals surface area contributed by atoms with Crippen molar-refractivity contribution in [2.45, 2.75) is 83.5 Å². The summed E-state index contributed by atoms with van der Waals surface area (Å²) in [5.41, 5.74) is 5.29. The lowest BCUT2D eigenvalue weighted by Gasteiger charge is -2.39. The molecule has 23 heavy (non-hydrogen) atoms. The molecule has 2 fully saturated rings. The van der Waals surface area contributed by atoms with E-state index in [-0.39, 0.29) is 18.0 Å². The molecule has 2 aliphatic rings. The number of rotatable bonds is 4. The molecule has 0 aromatic rings. The molecule has 1 aliphatic carbocycles. The van der Waals surface area contributed by atoms with Crippen LogP contribution in [0.1, 0.15) is 59.8 Å². The molecule has 1 heterocycles. The number of ether oxygens (including phenoxy) is 1. The third-order valence-electron chi connectivity index (χ3n) is 4.32. The minimum atomic E-state index is -0.503. The SMILES string of the molecule is C[C@H](N)C(=O)N(C[C@H]1CCCCN1C(=O)OC(C)(C)C)C1CC1. The van der Waals surface area contributed by atoms with Crippen LogP contribution in [0.15, 0.2) is 0 Å². The van der Waals surface area contributed by atoms with Crippen LogP contribution >= 0.6 is 0 Å². The summed E-state index contributed by atoms with van der Waals surface area (Å²) in [4.78, 5) is 28.5. The summed E-state index contributed by atoms with van der Waals surface area (Å²) in [6.07, 6.45) is 4.78. The summed E-state index contributed by atoms with van der Waals surface area (Å²) in [5.74, 6) is -0.0118. The summed E-state index contributed by atoms with van der Waals surface area (Å²) in [6.45, 7) is 8.62. The predicted octanol–water partition coefficient (Wildman–Crippen LogP) is 2.11. The van der Waals surface area contributed by atoms with E-state index >= 15 is 0 Å². The second-order valence-electron chi connectivity index (χ2n) is 7.83. The quantitative estimate of drug-likeness (QED) is 0.859. The average Bonchev–Trinajstić information content (AvgIpc) is 3.27. The summed E-state index contributed by atoms with van der Waals surface area (Å²) in [6, 6.07) is -0.160. The molecule has 1 saturated carbocycles. The monoisotopic (exact) mass is 325 g/mol. The highest BCUT2D eigenvalue weighted by Crippen LogP contribution is 2.30. The van der Waals surface area contributed by atoms with Gasteiger partial charge in [0.1, 0.15) is 5.60 Å². The smallest absolute Gasteiger partial charge is 0.410 e. The molecule has 0 aromatic heterocycles. The van der Waals surface area contributed by atoms with Crippen molar-refractivity contribution < 1.29 is 14.3 Å². The fourth-order valence-corrected chi connectivity index (χ4v) is 3.05.